The molecule has 1 fully saturated rings. The van der Waals surface area contributed by atoms with Crippen LogP contribution in [0.3, 0.4) is 0 Å². The molecule has 40 heavy (non-hydrogen) atoms. The van der Waals surface area contributed by atoms with E-state index in [0.29, 0.717) is 36.1 Å². The second kappa shape index (κ2) is 12.6. The molecule has 2 atom stereocenters. The topological polar surface area (TPSA) is 88.5 Å². The number of likely N-dealkylation sites (tertiary alicyclic amines) is 1. The first-order valence-corrected chi connectivity index (χ1v) is 14.6. The van der Waals surface area contributed by atoms with E-state index in [0.717, 1.165) is 29.7 Å². The minimum atomic E-state index is -0.523. The van der Waals surface area contributed by atoms with Crippen molar-refractivity contribution in [3.63, 3.8) is 0 Å². The van der Waals surface area contributed by atoms with Crippen molar-refractivity contribution in [2.75, 3.05) is 26.3 Å². The van der Waals surface area contributed by atoms with Crippen molar-refractivity contribution in [2.45, 2.75) is 39.2 Å². The fourth-order valence-electron chi connectivity index (χ4n) is 5.36. The maximum atomic E-state index is 13.6. The van der Waals surface area contributed by atoms with Crippen LogP contribution >= 0.6 is 11.8 Å². The number of amidine groups is 1. The van der Waals surface area contributed by atoms with Gasteiger partial charge in [-0.05, 0) is 37.7 Å². The Kier molecular flexibility index (Phi) is 8.69. The van der Waals surface area contributed by atoms with Gasteiger partial charge in [0.05, 0.1) is 42.9 Å². The van der Waals surface area contributed by atoms with Gasteiger partial charge in [-0.25, -0.2) is 9.79 Å². The molecule has 208 valence electrons. The van der Waals surface area contributed by atoms with Crippen molar-refractivity contribution < 1.29 is 23.9 Å². The number of rotatable bonds is 8. The lowest BCUT2D eigenvalue weighted by Crippen LogP contribution is -2.44. The number of esters is 2. The zero-order chi connectivity index (χ0) is 28.1. The smallest absolute Gasteiger partial charge is 0.338 e. The van der Waals surface area contributed by atoms with Crippen LogP contribution in [0.4, 0.5) is 0 Å². The summed E-state index contributed by atoms with van der Waals surface area (Å²) < 4.78 is 10.8. The predicted octanol–water partition coefficient (Wildman–Crippen LogP) is 5.15. The average molecular weight is 560 g/mol. The number of carbonyl (C=O) groups excluding carboxylic acids is 3. The van der Waals surface area contributed by atoms with Crippen LogP contribution in [0.15, 0.2) is 82.3 Å². The van der Waals surface area contributed by atoms with Gasteiger partial charge in [0.1, 0.15) is 0 Å². The highest BCUT2D eigenvalue weighted by Gasteiger charge is 2.42. The number of ether oxygens (including phenoxy) is 2. The fourth-order valence-corrected chi connectivity index (χ4v) is 6.28. The second-order valence-corrected chi connectivity index (χ2v) is 10.6. The molecule has 9 heteroatoms. The molecule has 3 aliphatic heterocycles. The molecule has 1 amide bonds. The van der Waals surface area contributed by atoms with E-state index in [9.17, 15) is 14.4 Å². The summed E-state index contributed by atoms with van der Waals surface area (Å²) in [6, 6.07) is 18.9. The first-order chi connectivity index (χ1) is 19.5. The van der Waals surface area contributed by atoms with Crippen molar-refractivity contribution in [1.29, 1.82) is 0 Å². The third-order valence-corrected chi connectivity index (χ3v) is 8.08. The zero-order valence-electron chi connectivity index (χ0n) is 22.7. The van der Waals surface area contributed by atoms with Gasteiger partial charge in [0.15, 0.2) is 5.17 Å². The maximum absolute atomic E-state index is 13.6. The molecule has 0 bridgehead atoms. The number of thioether (sulfide) groups is 1. The second-order valence-electron chi connectivity index (χ2n) is 9.76. The van der Waals surface area contributed by atoms with Crippen LogP contribution in [0, 0.1) is 5.92 Å². The van der Waals surface area contributed by atoms with E-state index < -0.39 is 12.0 Å². The van der Waals surface area contributed by atoms with E-state index in [1.165, 1.54) is 11.8 Å². The molecule has 0 aliphatic carbocycles. The number of nitrogens with zero attached hydrogens (tertiary/aromatic N) is 3. The van der Waals surface area contributed by atoms with Gasteiger partial charge in [-0.3, -0.25) is 9.59 Å². The molecule has 2 aromatic carbocycles. The molecule has 3 aliphatic rings. The zero-order valence-corrected chi connectivity index (χ0v) is 23.6. The van der Waals surface area contributed by atoms with Gasteiger partial charge in [-0.1, -0.05) is 72.4 Å². The van der Waals surface area contributed by atoms with Crippen LogP contribution in [0.5, 0.6) is 0 Å². The summed E-state index contributed by atoms with van der Waals surface area (Å²) in [5, 5.41) is 2.64. The lowest BCUT2D eigenvalue weighted by molar-refractivity contribution is -0.151. The molecule has 5 rings (SSSR count). The molecule has 0 aromatic heterocycles. The van der Waals surface area contributed by atoms with Crippen molar-refractivity contribution in [1.82, 2.24) is 9.80 Å². The lowest BCUT2D eigenvalue weighted by Gasteiger charge is -2.37. The Morgan fingerprint density at radius 3 is 2.38 bits per heavy atom. The van der Waals surface area contributed by atoms with Crippen molar-refractivity contribution in [2.24, 2.45) is 10.9 Å². The highest BCUT2D eigenvalue weighted by molar-refractivity contribution is 8.16. The van der Waals surface area contributed by atoms with Crippen LogP contribution in [0.2, 0.25) is 0 Å². The standard InChI is InChI=1S/C31H33N3O5S/c1-3-38-29(36)23-16-11-17-33(19-23)25(35)18-24-20-40-31-32-27(21-12-7-5-8-13-21)26(30(37)39-4-2)28(34(24)31)22-14-9-6-10-15-22/h5-10,12-15,20,23,28H,3-4,11,16-19H2,1-2H3/t23-,28+/m0/s1. The number of piperidine rings is 1. The average Bonchev–Trinajstić information content (AvgIpc) is 3.39. The Balaban J connectivity index is 1.49. The number of aliphatic imine (C=N–C) groups is 1. The molecule has 0 N–H and O–H groups in total. The first-order valence-electron chi connectivity index (χ1n) is 13.7. The van der Waals surface area contributed by atoms with E-state index in [-0.39, 0.29) is 30.8 Å². The quantitative estimate of drug-likeness (QED) is 0.413. The molecule has 0 saturated carbocycles. The van der Waals surface area contributed by atoms with E-state index in [1.54, 1.807) is 18.7 Å². The summed E-state index contributed by atoms with van der Waals surface area (Å²) in [6.07, 6.45) is 1.60. The van der Waals surface area contributed by atoms with Crippen molar-refractivity contribution in [3.05, 3.63) is 88.5 Å². The van der Waals surface area contributed by atoms with Gasteiger partial charge in [0.25, 0.3) is 0 Å². The molecule has 0 spiro atoms. The van der Waals surface area contributed by atoms with Crippen LogP contribution < -0.4 is 0 Å². The van der Waals surface area contributed by atoms with E-state index in [2.05, 4.69) is 0 Å². The molecule has 3 heterocycles. The summed E-state index contributed by atoms with van der Waals surface area (Å²) in [5.41, 5.74) is 3.48. The monoisotopic (exact) mass is 559 g/mol. The number of amides is 1. The number of hydrogen-bond donors (Lipinski definition) is 0. The summed E-state index contributed by atoms with van der Waals surface area (Å²) in [4.78, 5) is 48.2. The minimum Gasteiger partial charge on any atom is -0.466 e. The predicted molar refractivity (Wildman–Crippen MR) is 155 cm³/mol. The molecule has 2 aromatic rings. The van der Waals surface area contributed by atoms with Gasteiger partial charge >= 0.3 is 11.9 Å². The normalized spacial score (nSPS) is 20.4. The summed E-state index contributed by atoms with van der Waals surface area (Å²) >= 11 is 1.44. The van der Waals surface area contributed by atoms with Gasteiger partial charge < -0.3 is 19.3 Å². The summed E-state index contributed by atoms with van der Waals surface area (Å²) in [5.74, 6) is -1.05. The maximum Gasteiger partial charge on any atom is 0.338 e. The van der Waals surface area contributed by atoms with E-state index >= 15 is 0 Å². The number of carbonyl (C=O) groups is 3. The minimum absolute atomic E-state index is 0.0653. The molecule has 8 nitrogen and oxygen atoms in total. The highest BCUT2D eigenvalue weighted by atomic mass is 32.2. The Morgan fingerprint density at radius 1 is 0.975 bits per heavy atom. The van der Waals surface area contributed by atoms with Crippen molar-refractivity contribution >= 4 is 40.5 Å². The van der Waals surface area contributed by atoms with Crippen LogP contribution in [-0.2, 0) is 23.9 Å². The number of hydrogen-bond acceptors (Lipinski definition) is 8. The van der Waals surface area contributed by atoms with Crippen molar-refractivity contribution in [3.8, 4) is 0 Å². The number of fused-ring (bicyclic) bond motifs is 1. The third kappa shape index (κ3) is 5.70. The Labute approximate surface area is 238 Å². The number of benzene rings is 2. The van der Waals surface area contributed by atoms with Gasteiger partial charge in [0.2, 0.25) is 5.91 Å². The Morgan fingerprint density at radius 2 is 1.68 bits per heavy atom. The first kappa shape index (κ1) is 27.7. The van der Waals surface area contributed by atoms with Gasteiger partial charge in [-0.15, -0.1) is 0 Å². The largest absolute Gasteiger partial charge is 0.466 e. The van der Waals surface area contributed by atoms with Crippen LogP contribution in [-0.4, -0.2) is 59.1 Å². The molecule has 0 radical (unpaired) electrons. The van der Waals surface area contributed by atoms with Crippen LogP contribution in [0.1, 0.15) is 50.3 Å². The molecule has 1 saturated heterocycles. The van der Waals surface area contributed by atoms with Gasteiger partial charge in [0, 0.05) is 24.4 Å². The van der Waals surface area contributed by atoms with E-state index in [4.69, 9.17) is 14.5 Å². The SMILES string of the molecule is CCOC(=O)C1=C(c2ccccc2)N=C2SC=C(CC(=O)N3CCC[C@H](C(=O)OCC)C3)N2[C@@H]1c1ccccc1. The summed E-state index contributed by atoms with van der Waals surface area (Å²) in [6.45, 7) is 5.09. The summed E-state index contributed by atoms with van der Waals surface area (Å²) in [7, 11) is 0. The van der Waals surface area contributed by atoms with E-state index in [1.807, 2.05) is 71.0 Å². The molecule has 0 unspecified atom stereocenters. The van der Waals surface area contributed by atoms with Crippen LogP contribution in [0.25, 0.3) is 5.70 Å². The fraction of sp³-hybridized carbons (Fsp3) is 0.355. The Hall–Kier alpha value is -3.85. The third-order valence-electron chi connectivity index (χ3n) is 7.19. The van der Waals surface area contributed by atoms with Gasteiger partial charge in [-0.2, -0.15) is 0 Å². The lowest BCUT2D eigenvalue weighted by atomic mass is 9.91. The molecular weight excluding hydrogens is 526 g/mol. The highest BCUT2D eigenvalue weighted by Crippen LogP contribution is 2.47. The Bertz CT molecular complexity index is 1360. The molecular formula is C31H33N3O5S.